The number of ether oxygens (including phenoxy) is 1. The van der Waals surface area contributed by atoms with E-state index in [4.69, 9.17) is 4.74 Å². The molecule has 0 atom stereocenters. The average Bonchev–Trinajstić information content (AvgIpc) is 2.14. The molecular formula is C14H21FO. The summed E-state index contributed by atoms with van der Waals surface area (Å²) in [5.41, 5.74) is 1.84. The van der Waals surface area contributed by atoms with Gasteiger partial charge in [0.15, 0.2) is 0 Å². The smallest absolute Gasteiger partial charge is 0.125 e. The second kappa shape index (κ2) is 5.33. The van der Waals surface area contributed by atoms with Crippen LogP contribution in [0.5, 0.6) is 5.75 Å². The summed E-state index contributed by atoms with van der Waals surface area (Å²) >= 11 is 0. The van der Waals surface area contributed by atoms with E-state index < -0.39 is 0 Å². The summed E-state index contributed by atoms with van der Waals surface area (Å²) in [4.78, 5) is 0. The summed E-state index contributed by atoms with van der Waals surface area (Å²) in [7, 11) is 0. The molecule has 16 heavy (non-hydrogen) atoms. The van der Waals surface area contributed by atoms with Crippen LogP contribution in [-0.4, -0.2) is 6.61 Å². The summed E-state index contributed by atoms with van der Waals surface area (Å²) in [5, 5.41) is 0. The number of aryl methyl sites for hydroxylation is 1. The largest absolute Gasteiger partial charge is 0.493 e. The van der Waals surface area contributed by atoms with Crippen LogP contribution < -0.4 is 4.74 Å². The normalized spacial score (nSPS) is 11.2. The lowest BCUT2D eigenvalue weighted by Crippen LogP contribution is -2.08. The Morgan fingerprint density at radius 1 is 1.19 bits per heavy atom. The van der Waals surface area contributed by atoms with Crippen molar-refractivity contribution in [3.63, 3.8) is 0 Å². The molecule has 0 aliphatic heterocycles. The maximum atomic E-state index is 13.3. The molecule has 0 unspecified atom stereocenters. The number of hydrogen-bond acceptors (Lipinski definition) is 1. The lowest BCUT2D eigenvalue weighted by Gasteiger charge is -2.18. The highest BCUT2D eigenvalue weighted by Gasteiger charge is 2.13. The van der Waals surface area contributed by atoms with Gasteiger partial charge in [-0.15, -0.1) is 0 Å². The molecule has 90 valence electrons. The van der Waals surface area contributed by atoms with Gasteiger partial charge in [-0.2, -0.15) is 0 Å². The Kier molecular flexibility index (Phi) is 4.34. The van der Waals surface area contributed by atoms with Gasteiger partial charge in [-0.05, 0) is 42.0 Å². The standard InChI is InChI=1S/C14H21FO/c1-9(2)8-16-14-11(5)6-12(15)7-13(14)10(3)4/h6-7,9-10H,8H2,1-5H3. The molecule has 0 radical (unpaired) electrons. The van der Waals surface area contributed by atoms with Crippen LogP contribution in [0.1, 0.15) is 44.7 Å². The Morgan fingerprint density at radius 2 is 1.81 bits per heavy atom. The van der Waals surface area contributed by atoms with Crippen molar-refractivity contribution >= 4 is 0 Å². The van der Waals surface area contributed by atoms with Crippen molar-refractivity contribution in [2.45, 2.75) is 40.5 Å². The van der Waals surface area contributed by atoms with Gasteiger partial charge in [0.1, 0.15) is 11.6 Å². The summed E-state index contributed by atoms with van der Waals surface area (Å²) in [6.45, 7) is 10.9. The Morgan fingerprint density at radius 3 is 2.31 bits per heavy atom. The maximum absolute atomic E-state index is 13.3. The molecule has 0 aliphatic carbocycles. The SMILES string of the molecule is Cc1cc(F)cc(C(C)C)c1OCC(C)C. The van der Waals surface area contributed by atoms with E-state index >= 15 is 0 Å². The van der Waals surface area contributed by atoms with E-state index in [0.29, 0.717) is 12.5 Å². The quantitative estimate of drug-likeness (QED) is 0.741. The van der Waals surface area contributed by atoms with Gasteiger partial charge < -0.3 is 4.74 Å². The zero-order chi connectivity index (χ0) is 12.3. The number of benzene rings is 1. The number of hydrogen-bond donors (Lipinski definition) is 0. The van der Waals surface area contributed by atoms with E-state index in [2.05, 4.69) is 27.7 Å². The van der Waals surface area contributed by atoms with Crippen LogP contribution in [0.15, 0.2) is 12.1 Å². The van der Waals surface area contributed by atoms with E-state index in [0.717, 1.165) is 16.9 Å². The summed E-state index contributed by atoms with van der Waals surface area (Å²) < 4.78 is 19.1. The van der Waals surface area contributed by atoms with Crippen LogP contribution in [0.3, 0.4) is 0 Å². The predicted octanol–water partition coefficient (Wildman–Crippen LogP) is 4.29. The van der Waals surface area contributed by atoms with Crippen LogP contribution in [0.2, 0.25) is 0 Å². The average molecular weight is 224 g/mol. The first-order chi connectivity index (χ1) is 7.41. The molecule has 0 bridgehead atoms. The van der Waals surface area contributed by atoms with Gasteiger partial charge >= 0.3 is 0 Å². The van der Waals surface area contributed by atoms with Crippen LogP contribution in [0, 0.1) is 18.7 Å². The summed E-state index contributed by atoms with van der Waals surface area (Å²) in [6.07, 6.45) is 0. The molecule has 1 aromatic carbocycles. The Hall–Kier alpha value is -1.05. The second-order valence-corrected chi connectivity index (χ2v) is 5.00. The minimum atomic E-state index is -0.182. The first-order valence-electron chi connectivity index (χ1n) is 5.84. The van der Waals surface area contributed by atoms with Crippen molar-refractivity contribution in [1.29, 1.82) is 0 Å². The third-order valence-electron chi connectivity index (χ3n) is 2.45. The topological polar surface area (TPSA) is 9.23 Å². The highest BCUT2D eigenvalue weighted by atomic mass is 19.1. The molecule has 0 amide bonds. The predicted molar refractivity (Wildman–Crippen MR) is 65.6 cm³/mol. The molecule has 0 aliphatic rings. The molecule has 1 aromatic rings. The van der Waals surface area contributed by atoms with Gasteiger partial charge in [0.25, 0.3) is 0 Å². The maximum Gasteiger partial charge on any atom is 0.125 e. The molecular weight excluding hydrogens is 203 g/mol. The van der Waals surface area contributed by atoms with Gasteiger partial charge in [-0.1, -0.05) is 27.7 Å². The van der Waals surface area contributed by atoms with Gasteiger partial charge in [0.05, 0.1) is 6.61 Å². The van der Waals surface area contributed by atoms with E-state index in [9.17, 15) is 4.39 Å². The van der Waals surface area contributed by atoms with Gasteiger partial charge in [-0.25, -0.2) is 4.39 Å². The number of halogens is 1. The van der Waals surface area contributed by atoms with Crippen LogP contribution in [-0.2, 0) is 0 Å². The van der Waals surface area contributed by atoms with E-state index in [1.807, 2.05) is 6.92 Å². The molecule has 2 heteroatoms. The minimum Gasteiger partial charge on any atom is -0.493 e. The Labute approximate surface area is 97.6 Å². The molecule has 0 N–H and O–H groups in total. The van der Waals surface area contributed by atoms with E-state index in [-0.39, 0.29) is 11.7 Å². The van der Waals surface area contributed by atoms with E-state index in [1.165, 1.54) is 6.07 Å². The molecule has 1 nitrogen and oxygen atoms in total. The van der Waals surface area contributed by atoms with Crippen LogP contribution in [0.4, 0.5) is 4.39 Å². The summed E-state index contributed by atoms with van der Waals surface area (Å²) in [5.74, 6) is 1.42. The van der Waals surface area contributed by atoms with Crippen LogP contribution >= 0.6 is 0 Å². The first kappa shape index (κ1) is 13.0. The fourth-order valence-electron chi connectivity index (χ4n) is 1.63. The molecule has 0 saturated heterocycles. The number of rotatable bonds is 4. The zero-order valence-corrected chi connectivity index (χ0v) is 10.8. The third kappa shape index (κ3) is 3.22. The van der Waals surface area contributed by atoms with Crippen molar-refractivity contribution in [3.05, 3.63) is 29.1 Å². The van der Waals surface area contributed by atoms with Gasteiger partial charge in [0.2, 0.25) is 0 Å². The zero-order valence-electron chi connectivity index (χ0n) is 10.8. The lowest BCUT2D eigenvalue weighted by molar-refractivity contribution is 0.265. The minimum absolute atomic E-state index is 0.182. The van der Waals surface area contributed by atoms with E-state index in [1.54, 1.807) is 6.07 Å². The Bertz CT molecular complexity index is 356. The van der Waals surface area contributed by atoms with Gasteiger partial charge in [-0.3, -0.25) is 0 Å². The van der Waals surface area contributed by atoms with Crippen molar-refractivity contribution in [2.24, 2.45) is 5.92 Å². The van der Waals surface area contributed by atoms with Crippen molar-refractivity contribution in [1.82, 2.24) is 0 Å². The Balaban J connectivity index is 3.04. The highest BCUT2D eigenvalue weighted by molar-refractivity contribution is 5.43. The fourth-order valence-corrected chi connectivity index (χ4v) is 1.63. The summed E-state index contributed by atoms with van der Waals surface area (Å²) in [6, 6.07) is 3.11. The molecule has 0 spiro atoms. The molecule has 0 heterocycles. The fraction of sp³-hybridized carbons (Fsp3) is 0.571. The van der Waals surface area contributed by atoms with Crippen LogP contribution in [0.25, 0.3) is 0 Å². The van der Waals surface area contributed by atoms with Gasteiger partial charge in [0, 0.05) is 0 Å². The molecule has 0 aromatic heterocycles. The first-order valence-corrected chi connectivity index (χ1v) is 5.84. The van der Waals surface area contributed by atoms with Crippen molar-refractivity contribution < 1.29 is 9.13 Å². The monoisotopic (exact) mass is 224 g/mol. The van der Waals surface area contributed by atoms with Crippen molar-refractivity contribution in [2.75, 3.05) is 6.61 Å². The third-order valence-corrected chi connectivity index (χ3v) is 2.45. The molecule has 1 rings (SSSR count). The second-order valence-electron chi connectivity index (χ2n) is 5.00. The molecule has 0 saturated carbocycles. The molecule has 0 fully saturated rings. The lowest BCUT2D eigenvalue weighted by atomic mass is 9.99. The van der Waals surface area contributed by atoms with Crippen molar-refractivity contribution in [3.8, 4) is 5.75 Å². The highest BCUT2D eigenvalue weighted by Crippen LogP contribution is 2.31.